The van der Waals surface area contributed by atoms with Gasteiger partial charge >= 0.3 is 0 Å². The molecule has 1 aromatic heterocycles. The van der Waals surface area contributed by atoms with Crippen molar-refractivity contribution < 1.29 is 25.2 Å². The van der Waals surface area contributed by atoms with E-state index in [1.165, 1.54) is 0 Å². The highest BCUT2D eigenvalue weighted by Gasteiger charge is 2.44. The molecule has 0 bridgehead atoms. The van der Waals surface area contributed by atoms with Crippen LogP contribution in [0.2, 0.25) is 0 Å². The van der Waals surface area contributed by atoms with E-state index < -0.39 is 30.7 Å². The van der Waals surface area contributed by atoms with Gasteiger partial charge in [0.25, 0.3) is 0 Å². The second-order valence-corrected chi connectivity index (χ2v) is 3.21. The Balaban J connectivity index is 2.20. The molecule has 0 radical (unpaired) electrons. The Bertz CT molecular complexity index is 319. The van der Waals surface area contributed by atoms with Crippen LogP contribution in [0, 0.1) is 0 Å². The predicted octanol–water partition coefficient (Wildman–Crippen LogP) is -3.33. The number of hydrogen-bond acceptors (Lipinski definition) is 8. The molecular formula is C6H10N4O5. The fraction of sp³-hybridized carbons (Fsp3) is 0.833. The Morgan fingerprint density at radius 3 is 2.40 bits per heavy atom. The van der Waals surface area contributed by atoms with Gasteiger partial charge in [-0.1, -0.05) is 0 Å². The maximum absolute atomic E-state index is 9.54. The second-order valence-electron chi connectivity index (χ2n) is 3.21. The van der Waals surface area contributed by atoms with Crippen molar-refractivity contribution in [1.82, 2.24) is 20.6 Å². The molecule has 5 N–H and O–H groups in total. The van der Waals surface area contributed by atoms with E-state index in [1.54, 1.807) is 0 Å². The minimum Gasteiger partial charge on any atom is -0.387 e. The molecule has 1 aliphatic heterocycles. The molecular weight excluding hydrogens is 208 g/mol. The van der Waals surface area contributed by atoms with E-state index in [4.69, 9.17) is 4.74 Å². The van der Waals surface area contributed by atoms with Gasteiger partial charge in [0.1, 0.15) is 18.3 Å². The first kappa shape index (κ1) is 10.4. The predicted molar refractivity (Wildman–Crippen MR) is 42.0 cm³/mol. The van der Waals surface area contributed by atoms with Gasteiger partial charge in [0.2, 0.25) is 0 Å². The number of nitrogens with zero attached hydrogens (tertiary/aromatic N) is 3. The molecule has 9 heteroatoms. The van der Waals surface area contributed by atoms with E-state index in [-0.39, 0.29) is 5.82 Å². The van der Waals surface area contributed by atoms with Crippen molar-refractivity contribution in [3.05, 3.63) is 5.82 Å². The maximum atomic E-state index is 9.54. The molecule has 1 unspecified atom stereocenters. The molecule has 15 heavy (non-hydrogen) atoms. The molecule has 0 aromatic carbocycles. The van der Waals surface area contributed by atoms with Gasteiger partial charge in [-0.2, -0.15) is 0 Å². The number of H-pyrrole nitrogens is 1. The summed E-state index contributed by atoms with van der Waals surface area (Å²) in [7, 11) is 0. The molecule has 1 saturated heterocycles. The van der Waals surface area contributed by atoms with Gasteiger partial charge in [-0.25, -0.2) is 5.10 Å². The quantitative estimate of drug-likeness (QED) is 0.329. The van der Waals surface area contributed by atoms with Crippen LogP contribution in [0.15, 0.2) is 0 Å². The summed E-state index contributed by atoms with van der Waals surface area (Å²) in [5.74, 6) is 0.0625. The molecule has 1 aromatic rings. The fourth-order valence-electron chi connectivity index (χ4n) is 1.37. The highest BCUT2D eigenvalue weighted by molar-refractivity contribution is 4.97. The zero-order chi connectivity index (χ0) is 11.0. The molecule has 0 aliphatic carbocycles. The first-order valence-electron chi connectivity index (χ1n) is 4.22. The molecule has 0 saturated carbocycles. The molecule has 2 heterocycles. The lowest BCUT2D eigenvalue weighted by Crippen LogP contribution is -2.54. The summed E-state index contributed by atoms with van der Waals surface area (Å²) in [5.41, 5.74) is 0. The van der Waals surface area contributed by atoms with Crippen molar-refractivity contribution in [1.29, 1.82) is 0 Å². The maximum Gasteiger partial charge on any atom is 0.184 e. The van der Waals surface area contributed by atoms with Crippen molar-refractivity contribution >= 4 is 0 Å². The van der Waals surface area contributed by atoms with Crippen molar-refractivity contribution in [3.63, 3.8) is 0 Å². The smallest absolute Gasteiger partial charge is 0.184 e. The SMILES string of the molecule is O[C@@H]1[C@@H](O)[C@H](O)C(c2nnn[nH]2)O[C@H]1O. The number of aromatic amines is 1. The van der Waals surface area contributed by atoms with Crippen LogP contribution < -0.4 is 0 Å². The number of hydrogen-bond donors (Lipinski definition) is 5. The average Bonchev–Trinajstić information content (AvgIpc) is 2.73. The summed E-state index contributed by atoms with van der Waals surface area (Å²) in [5, 5.41) is 49.6. The van der Waals surface area contributed by atoms with Gasteiger partial charge < -0.3 is 25.2 Å². The first-order chi connectivity index (χ1) is 7.11. The minimum absolute atomic E-state index is 0.0625. The van der Waals surface area contributed by atoms with E-state index >= 15 is 0 Å². The Hall–Kier alpha value is -1.13. The number of nitrogens with one attached hydrogen (secondary N) is 1. The lowest BCUT2D eigenvalue weighted by molar-refractivity contribution is -0.285. The lowest BCUT2D eigenvalue weighted by Gasteiger charge is -2.36. The minimum atomic E-state index is -1.60. The van der Waals surface area contributed by atoms with E-state index in [1.807, 2.05) is 0 Å². The Labute approximate surface area is 83.3 Å². The third kappa shape index (κ3) is 1.70. The Kier molecular flexibility index (Phi) is 2.63. The van der Waals surface area contributed by atoms with Crippen molar-refractivity contribution in [2.45, 2.75) is 30.7 Å². The second kappa shape index (κ2) is 3.79. The van der Waals surface area contributed by atoms with E-state index in [0.717, 1.165) is 0 Å². The largest absolute Gasteiger partial charge is 0.387 e. The van der Waals surface area contributed by atoms with E-state index in [0.29, 0.717) is 0 Å². The molecule has 2 rings (SSSR count). The van der Waals surface area contributed by atoms with Crippen LogP contribution in [0.4, 0.5) is 0 Å². The lowest BCUT2D eigenvalue weighted by atomic mass is 9.99. The average molecular weight is 218 g/mol. The van der Waals surface area contributed by atoms with E-state index in [2.05, 4.69) is 20.6 Å². The topological polar surface area (TPSA) is 145 Å². The Morgan fingerprint density at radius 1 is 1.07 bits per heavy atom. The van der Waals surface area contributed by atoms with Crippen LogP contribution in [0.3, 0.4) is 0 Å². The van der Waals surface area contributed by atoms with Crippen LogP contribution in [0.1, 0.15) is 11.9 Å². The third-order valence-electron chi connectivity index (χ3n) is 2.22. The van der Waals surface area contributed by atoms with Crippen LogP contribution >= 0.6 is 0 Å². The molecule has 1 fully saturated rings. The van der Waals surface area contributed by atoms with Gasteiger partial charge in [-0.3, -0.25) is 0 Å². The summed E-state index contributed by atoms with van der Waals surface area (Å²) in [6.45, 7) is 0. The van der Waals surface area contributed by atoms with Gasteiger partial charge in [0.05, 0.1) is 0 Å². The third-order valence-corrected chi connectivity index (χ3v) is 2.22. The zero-order valence-electron chi connectivity index (χ0n) is 7.43. The first-order valence-corrected chi connectivity index (χ1v) is 4.22. The summed E-state index contributed by atoms with van der Waals surface area (Å²) in [6.07, 6.45) is -7.21. The normalized spacial score (nSPS) is 41.7. The monoisotopic (exact) mass is 218 g/mol. The van der Waals surface area contributed by atoms with Gasteiger partial charge in [0.15, 0.2) is 18.2 Å². The number of tetrazole rings is 1. The van der Waals surface area contributed by atoms with Crippen molar-refractivity contribution in [2.24, 2.45) is 0 Å². The number of aliphatic hydroxyl groups is 4. The van der Waals surface area contributed by atoms with Crippen molar-refractivity contribution in [2.75, 3.05) is 0 Å². The summed E-state index contributed by atoms with van der Waals surface area (Å²) in [6, 6.07) is 0. The van der Waals surface area contributed by atoms with Gasteiger partial charge in [-0.05, 0) is 10.4 Å². The standard InChI is InChI=1S/C6H10N4O5/c11-1-2(12)4(5-7-9-10-8-5)15-6(14)3(1)13/h1-4,6,11-14H,(H,7,8,9,10)/t1-,2-,3+,4?,6+/m0/s1. The molecule has 0 spiro atoms. The number of ether oxygens (including phenoxy) is 1. The van der Waals surface area contributed by atoms with Crippen LogP contribution in [0.5, 0.6) is 0 Å². The van der Waals surface area contributed by atoms with Crippen LogP contribution in [-0.4, -0.2) is 65.7 Å². The summed E-state index contributed by atoms with van der Waals surface area (Å²) >= 11 is 0. The van der Waals surface area contributed by atoms with Crippen LogP contribution in [0.25, 0.3) is 0 Å². The van der Waals surface area contributed by atoms with Crippen LogP contribution in [-0.2, 0) is 4.74 Å². The number of aliphatic hydroxyl groups excluding tert-OH is 4. The molecule has 9 nitrogen and oxygen atoms in total. The summed E-state index contributed by atoms with van der Waals surface area (Å²) in [4.78, 5) is 0. The molecule has 84 valence electrons. The molecule has 1 aliphatic rings. The van der Waals surface area contributed by atoms with Gasteiger partial charge in [-0.15, -0.1) is 5.10 Å². The summed E-state index contributed by atoms with van der Waals surface area (Å²) < 4.78 is 4.85. The highest BCUT2D eigenvalue weighted by Crippen LogP contribution is 2.28. The van der Waals surface area contributed by atoms with Gasteiger partial charge in [0, 0.05) is 0 Å². The highest BCUT2D eigenvalue weighted by atomic mass is 16.6. The Morgan fingerprint density at radius 2 is 1.80 bits per heavy atom. The molecule has 0 amide bonds. The number of aromatic nitrogens is 4. The zero-order valence-corrected chi connectivity index (χ0v) is 7.43. The number of rotatable bonds is 1. The van der Waals surface area contributed by atoms with Crippen molar-refractivity contribution in [3.8, 4) is 0 Å². The van der Waals surface area contributed by atoms with E-state index in [9.17, 15) is 20.4 Å². The fourth-order valence-corrected chi connectivity index (χ4v) is 1.37. The molecule has 5 atom stereocenters.